The Hall–Kier alpha value is -1.23. The molecule has 17 heavy (non-hydrogen) atoms. The number of halogens is 2. The fourth-order valence-corrected chi connectivity index (χ4v) is 1.86. The molecule has 0 aliphatic carbocycles. The second-order valence-electron chi connectivity index (χ2n) is 3.80. The van der Waals surface area contributed by atoms with Gasteiger partial charge in [0.1, 0.15) is 5.82 Å². The lowest BCUT2D eigenvalue weighted by Crippen LogP contribution is -2.02. The summed E-state index contributed by atoms with van der Waals surface area (Å²) in [7, 11) is 0. The minimum absolute atomic E-state index is 0.152. The fourth-order valence-electron chi connectivity index (χ4n) is 1.50. The Labute approximate surface area is 113 Å². The van der Waals surface area contributed by atoms with E-state index < -0.39 is 0 Å². The van der Waals surface area contributed by atoms with Crippen molar-refractivity contribution in [2.24, 2.45) is 0 Å². The van der Waals surface area contributed by atoms with Gasteiger partial charge in [0, 0.05) is 14.7 Å². The van der Waals surface area contributed by atoms with Crippen molar-refractivity contribution in [2.45, 2.75) is 6.92 Å². The van der Waals surface area contributed by atoms with Gasteiger partial charge < -0.3 is 0 Å². The van der Waals surface area contributed by atoms with E-state index in [1.165, 1.54) is 6.07 Å². The van der Waals surface area contributed by atoms with Crippen molar-refractivity contribution >= 4 is 28.4 Å². The number of hydrogen-bond donors (Lipinski definition) is 0. The molecule has 0 unspecified atom stereocenters. The molecule has 0 amide bonds. The summed E-state index contributed by atoms with van der Waals surface area (Å²) in [6.07, 6.45) is 0. The van der Waals surface area contributed by atoms with Crippen LogP contribution < -0.4 is 0 Å². The van der Waals surface area contributed by atoms with E-state index in [2.05, 4.69) is 22.6 Å². The first kappa shape index (κ1) is 12.2. The summed E-state index contributed by atoms with van der Waals surface area (Å²) in [6.45, 7) is 1.68. The normalized spacial score (nSPS) is 10.3. The molecule has 0 atom stereocenters. The summed E-state index contributed by atoms with van der Waals surface area (Å²) in [5.74, 6) is -0.498. The van der Waals surface area contributed by atoms with Crippen molar-refractivity contribution < 1.29 is 9.18 Å². The van der Waals surface area contributed by atoms with Crippen LogP contribution in [0.15, 0.2) is 42.5 Å². The van der Waals surface area contributed by atoms with Gasteiger partial charge >= 0.3 is 0 Å². The van der Waals surface area contributed by atoms with Crippen LogP contribution in [-0.2, 0) is 0 Å². The molecule has 0 aliphatic heterocycles. The van der Waals surface area contributed by atoms with Gasteiger partial charge in [0.25, 0.3) is 0 Å². The second-order valence-corrected chi connectivity index (χ2v) is 5.05. The highest BCUT2D eigenvalue weighted by molar-refractivity contribution is 14.1. The highest BCUT2D eigenvalue weighted by Crippen LogP contribution is 2.15. The van der Waals surface area contributed by atoms with Gasteiger partial charge in [0.15, 0.2) is 5.78 Å². The largest absolute Gasteiger partial charge is 0.289 e. The molecule has 0 heterocycles. The van der Waals surface area contributed by atoms with Crippen LogP contribution in [0.1, 0.15) is 21.5 Å². The number of hydrogen-bond acceptors (Lipinski definition) is 1. The Morgan fingerprint density at radius 2 is 1.65 bits per heavy atom. The SMILES string of the molecule is Cc1ccc(C(=O)c2ccc(I)cc2)cc1F. The van der Waals surface area contributed by atoms with Crippen LogP contribution in [0.3, 0.4) is 0 Å². The Balaban J connectivity index is 2.37. The van der Waals surface area contributed by atoms with E-state index >= 15 is 0 Å². The van der Waals surface area contributed by atoms with Gasteiger partial charge in [-0.15, -0.1) is 0 Å². The number of rotatable bonds is 2. The standard InChI is InChI=1S/C14H10FIO/c1-9-2-3-11(8-13(9)15)14(17)10-4-6-12(16)7-5-10/h2-8H,1H3. The van der Waals surface area contributed by atoms with Crippen molar-refractivity contribution in [1.82, 2.24) is 0 Å². The molecule has 0 spiro atoms. The van der Waals surface area contributed by atoms with Gasteiger partial charge in [0.2, 0.25) is 0 Å². The van der Waals surface area contributed by atoms with Crippen LogP contribution >= 0.6 is 22.6 Å². The Morgan fingerprint density at radius 3 is 2.24 bits per heavy atom. The Bertz CT molecular complexity index is 561. The minimum atomic E-state index is -0.346. The highest BCUT2D eigenvalue weighted by atomic mass is 127. The van der Waals surface area contributed by atoms with E-state index in [4.69, 9.17) is 0 Å². The lowest BCUT2D eigenvalue weighted by atomic mass is 10.0. The zero-order chi connectivity index (χ0) is 12.4. The van der Waals surface area contributed by atoms with Crippen LogP contribution in [0.5, 0.6) is 0 Å². The highest BCUT2D eigenvalue weighted by Gasteiger charge is 2.10. The summed E-state index contributed by atoms with van der Waals surface area (Å²) >= 11 is 2.17. The molecule has 0 N–H and O–H groups in total. The molecule has 86 valence electrons. The lowest BCUT2D eigenvalue weighted by molar-refractivity contribution is 0.103. The molecular formula is C14H10FIO. The maximum atomic E-state index is 13.4. The minimum Gasteiger partial charge on any atom is -0.289 e. The third kappa shape index (κ3) is 2.72. The topological polar surface area (TPSA) is 17.1 Å². The van der Waals surface area contributed by atoms with Crippen LogP contribution in [0.2, 0.25) is 0 Å². The lowest BCUT2D eigenvalue weighted by Gasteiger charge is -2.03. The third-order valence-electron chi connectivity index (χ3n) is 2.54. The van der Waals surface area contributed by atoms with Crippen molar-refractivity contribution in [3.05, 3.63) is 68.5 Å². The zero-order valence-corrected chi connectivity index (χ0v) is 11.4. The maximum Gasteiger partial charge on any atom is 0.193 e. The predicted molar refractivity (Wildman–Crippen MR) is 73.7 cm³/mol. The average Bonchev–Trinajstić information content (AvgIpc) is 2.33. The summed E-state index contributed by atoms with van der Waals surface area (Å²) in [5.41, 5.74) is 1.51. The molecule has 0 radical (unpaired) electrons. The van der Waals surface area contributed by atoms with Gasteiger partial charge in [-0.25, -0.2) is 4.39 Å². The van der Waals surface area contributed by atoms with Gasteiger partial charge in [-0.05, 0) is 65.4 Å². The molecule has 0 bridgehead atoms. The first-order valence-electron chi connectivity index (χ1n) is 5.14. The van der Waals surface area contributed by atoms with Crippen molar-refractivity contribution in [2.75, 3.05) is 0 Å². The molecule has 0 aliphatic rings. The maximum absolute atomic E-state index is 13.4. The number of ketones is 1. The third-order valence-corrected chi connectivity index (χ3v) is 3.26. The van der Waals surface area contributed by atoms with Crippen LogP contribution in [0.4, 0.5) is 4.39 Å². The van der Waals surface area contributed by atoms with Crippen LogP contribution in [-0.4, -0.2) is 5.78 Å². The molecule has 0 fully saturated rings. The summed E-state index contributed by atoms with van der Waals surface area (Å²) in [4.78, 5) is 12.1. The average molecular weight is 340 g/mol. The number of benzene rings is 2. The molecular weight excluding hydrogens is 330 g/mol. The van der Waals surface area contributed by atoms with Crippen LogP contribution in [0.25, 0.3) is 0 Å². The predicted octanol–water partition coefficient (Wildman–Crippen LogP) is 3.97. The molecule has 2 aromatic rings. The molecule has 2 aromatic carbocycles. The molecule has 2 rings (SSSR count). The van der Waals surface area contributed by atoms with E-state index in [9.17, 15) is 9.18 Å². The van der Waals surface area contributed by atoms with Crippen LogP contribution in [0, 0.1) is 16.3 Å². The van der Waals surface area contributed by atoms with Crippen molar-refractivity contribution in [1.29, 1.82) is 0 Å². The van der Waals surface area contributed by atoms with Gasteiger partial charge in [0.05, 0.1) is 0 Å². The molecule has 0 saturated heterocycles. The second kappa shape index (κ2) is 4.96. The van der Waals surface area contributed by atoms with E-state index in [0.29, 0.717) is 16.7 Å². The molecule has 0 aromatic heterocycles. The Kier molecular flexibility index (Phi) is 3.57. The van der Waals surface area contributed by atoms with E-state index in [1.807, 2.05) is 12.1 Å². The quantitative estimate of drug-likeness (QED) is 0.597. The van der Waals surface area contributed by atoms with Gasteiger partial charge in [-0.3, -0.25) is 4.79 Å². The van der Waals surface area contributed by atoms with E-state index in [1.54, 1.807) is 31.2 Å². The molecule has 1 nitrogen and oxygen atoms in total. The summed E-state index contributed by atoms with van der Waals surface area (Å²) in [6, 6.07) is 11.8. The number of carbonyl (C=O) groups excluding carboxylic acids is 1. The molecule has 0 saturated carbocycles. The van der Waals surface area contributed by atoms with Crippen molar-refractivity contribution in [3.63, 3.8) is 0 Å². The molecule has 3 heteroatoms. The van der Waals surface area contributed by atoms with Gasteiger partial charge in [-0.1, -0.05) is 12.1 Å². The summed E-state index contributed by atoms with van der Waals surface area (Å²) in [5, 5.41) is 0. The fraction of sp³-hybridized carbons (Fsp3) is 0.0714. The first-order chi connectivity index (χ1) is 8.08. The summed E-state index contributed by atoms with van der Waals surface area (Å²) < 4.78 is 14.4. The smallest absolute Gasteiger partial charge is 0.193 e. The Morgan fingerprint density at radius 1 is 1.06 bits per heavy atom. The van der Waals surface area contributed by atoms with E-state index in [-0.39, 0.29) is 11.6 Å². The number of carbonyl (C=O) groups is 1. The first-order valence-corrected chi connectivity index (χ1v) is 6.22. The van der Waals surface area contributed by atoms with E-state index in [0.717, 1.165) is 3.57 Å². The zero-order valence-electron chi connectivity index (χ0n) is 9.21. The number of aryl methyl sites for hydroxylation is 1. The van der Waals surface area contributed by atoms with Gasteiger partial charge in [-0.2, -0.15) is 0 Å². The van der Waals surface area contributed by atoms with Crippen molar-refractivity contribution in [3.8, 4) is 0 Å². The monoisotopic (exact) mass is 340 g/mol.